The quantitative estimate of drug-likeness (QED) is 0.365. The molecule has 0 amide bonds. The van der Waals surface area contributed by atoms with E-state index >= 15 is 0 Å². The van der Waals surface area contributed by atoms with Gasteiger partial charge in [-0.15, -0.1) is 0 Å². The fourth-order valence-electron chi connectivity index (χ4n) is 0.215. The molecule has 0 spiro atoms. The SMILES string of the molecule is OBO.c1c[nH]cn1. The van der Waals surface area contributed by atoms with E-state index in [0.29, 0.717) is 0 Å². The van der Waals surface area contributed by atoms with Crippen LogP contribution in [-0.2, 0) is 0 Å². The molecule has 0 saturated heterocycles. The summed E-state index contributed by atoms with van der Waals surface area (Å²) in [4.78, 5) is 6.42. The maximum absolute atomic E-state index is 7.12. The number of nitrogens with one attached hydrogen (secondary N) is 1. The molecule has 3 N–H and O–H groups in total. The van der Waals surface area contributed by atoms with Crippen LogP contribution in [0.3, 0.4) is 0 Å². The van der Waals surface area contributed by atoms with E-state index in [-0.39, 0.29) is 0 Å². The molecule has 0 fully saturated rings. The topological polar surface area (TPSA) is 69.1 Å². The standard InChI is InChI=1S/C3H4N2.BH3O2/c1-2-5-3-4-1;2-1-3/h1-3H,(H,4,5);1-3H. The Morgan fingerprint density at radius 2 is 2.12 bits per heavy atom. The van der Waals surface area contributed by atoms with Crippen molar-refractivity contribution < 1.29 is 10.0 Å². The molecule has 8 heavy (non-hydrogen) atoms. The summed E-state index contributed by atoms with van der Waals surface area (Å²) in [6, 6.07) is 0. The molecule has 0 unspecified atom stereocenters. The Labute approximate surface area is 47.5 Å². The van der Waals surface area contributed by atoms with Crippen molar-refractivity contribution in [2.24, 2.45) is 0 Å². The summed E-state index contributed by atoms with van der Waals surface area (Å²) in [5.41, 5.74) is 0. The average Bonchev–Trinajstić information content (AvgIpc) is 2.17. The van der Waals surface area contributed by atoms with Crippen molar-refractivity contribution in [3.63, 3.8) is 0 Å². The zero-order valence-electron chi connectivity index (χ0n) is 4.28. The lowest BCUT2D eigenvalue weighted by Crippen LogP contribution is -1.75. The molecule has 0 aromatic carbocycles. The van der Waals surface area contributed by atoms with Crippen molar-refractivity contribution >= 4 is 7.69 Å². The van der Waals surface area contributed by atoms with E-state index in [1.165, 1.54) is 0 Å². The van der Waals surface area contributed by atoms with Crippen LogP contribution in [0.15, 0.2) is 18.7 Å². The Hall–Kier alpha value is -0.805. The highest BCUT2D eigenvalue weighted by molar-refractivity contribution is 6.13. The van der Waals surface area contributed by atoms with Gasteiger partial charge < -0.3 is 15.0 Å². The number of imidazole rings is 1. The van der Waals surface area contributed by atoms with Crippen molar-refractivity contribution in [1.29, 1.82) is 0 Å². The van der Waals surface area contributed by atoms with Crippen LogP contribution in [0, 0.1) is 0 Å². The van der Waals surface area contributed by atoms with Crippen molar-refractivity contribution in [1.82, 2.24) is 9.97 Å². The van der Waals surface area contributed by atoms with Gasteiger partial charge in [-0.25, -0.2) is 4.98 Å². The summed E-state index contributed by atoms with van der Waals surface area (Å²) in [6.45, 7) is 0. The molecule has 0 aliphatic heterocycles. The first kappa shape index (κ1) is 7.19. The number of H-pyrrole nitrogens is 1. The van der Waals surface area contributed by atoms with Gasteiger partial charge in [0.2, 0.25) is 0 Å². The summed E-state index contributed by atoms with van der Waals surface area (Å²) in [5.74, 6) is 0. The predicted octanol–water partition coefficient (Wildman–Crippen LogP) is -1.35. The minimum atomic E-state index is -0.750. The summed E-state index contributed by atoms with van der Waals surface area (Å²) < 4.78 is 0. The highest BCUT2D eigenvalue weighted by Gasteiger charge is 1.56. The number of hydrogen-bond acceptors (Lipinski definition) is 3. The third-order valence-electron chi connectivity index (χ3n) is 0.406. The lowest BCUT2D eigenvalue weighted by molar-refractivity contribution is 0.448. The first-order chi connectivity index (χ1) is 3.91. The monoisotopic (exact) mass is 114 g/mol. The van der Waals surface area contributed by atoms with Gasteiger partial charge >= 0.3 is 7.69 Å². The number of aromatic nitrogens is 2. The fraction of sp³-hybridized carbons (Fsp3) is 0. The molecule has 0 saturated carbocycles. The van der Waals surface area contributed by atoms with E-state index in [0.717, 1.165) is 0 Å². The molecule has 0 aliphatic rings. The van der Waals surface area contributed by atoms with Gasteiger partial charge in [-0.1, -0.05) is 0 Å². The lowest BCUT2D eigenvalue weighted by atomic mass is 10.5. The molecule has 0 radical (unpaired) electrons. The molecule has 0 bridgehead atoms. The molecule has 4 nitrogen and oxygen atoms in total. The molecule has 5 heteroatoms. The summed E-state index contributed by atoms with van der Waals surface area (Å²) in [6.07, 6.45) is 5.08. The Morgan fingerprint density at radius 1 is 1.50 bits per heavy atom. The van der Waals surface area contributed by atoms with E-state index in [4.69, 9.17) is 10.0 Å². The van der Waals surface area contributed by atoms with Gasteiger partial charge in [0.1, 0.15) is 0 Å². The van der Waals surface area contributed by atoms with Gasteiger partial charge in [0, 0.05) is 12.4 Å². The Kier molecular flexibility index (Phi) is 5.57. The second-order valence-electron chi connectivity index (χ2n) is 0.902. The van der Waals surface area contributed by atoms with Gasteiger partial charge in [-0.05, 0) is 0 Å². The highest BCUT2D eigenvalue weighted by Crippen LogP contribution is 1.62. The molecule has 1 heterocycles. The number of rotatable bonds is 0. The maximum Gasteiger partial charge on any atom is 0.432 e. The van der Waals surface area contributed by atoms with Gasteiger partial charge in [-0.2, -0.15) is 0 Å². The third kappa shape index (κ3) is 5.19. The van der Waals surface area contributed by atoms with Gasteiger partial charge in [0.25, 0.3) is 0 Å². The number of nitrogens with zero attached hydrogens (tertiary/aromatic N) is 1. The van der Waals surface area contributed by atoms with Crippen molar-refractivity contribution in [3.8, 4) is 0 Å². The molecule has 1 aromatic heterocycles. The first-order valence-electron chi connectivity index (χ1n) is 2.06. The normalized spacial score (nSPS) is 6.75. The second-order valence-corrected chi connectivity index (χ2v) is 0.902. The van der Waals surface area contributed by atoms with Crippen LogP contribution in [0.25, 0.3) is 0 Å². The highest BCUT2D eigenvalue weighted by atomic mass is 16.4. The van der Waals surface area contributed by atoms with E-state index in [2.05, 4.69) is 9.97 Å². The number of aromatic amines is 1. The molecular formula is C3H7BN2O2. The van der Waals surface area contributed by atoms with Crippen LogP contribution in [0.5, 0.6) is 0 Å². The maximum atomic E-state index is 7.12. The van der Waals surface area contributed by atoms with Crippen LogP contribution in [-0.4, -0.2) is 27.7 Å². The minimum absolute atomic E-state index is 0.750. The minimum Gasteiger partial charge on any atom is -0.430 e. The van der Waals surface area contributed by atoms with Crippen molar-refractivity contribution in [3.05, 3.63) is 18.7 Å². The third-order valence-corrected chi connectivity index (χ3v) is 0.406. The van der Waals surface area contributed by atoms with Crippen LogP contribution in [0.4, 0.5) is 0 Å². The van der Waals surface area contributed by atoms with Crippen LogP contribution in [0.2, 0.25) is 0 Å². The van der Waals surface area contributed by atoms with Crippen LogP contribution in [0.1, 0.15) is 0 Å². The Bertz CT molecular complexity index is 82.2. The Balaban J connectivity index is 0.000000145. The zero-order chi connectivity index (χ0) is 6.24. The molecule has 44 valence electrons. The fourth-order valence-corrected chi connectivity index (χ4v) is 0.215. The molecule has 1 rings (SSSR count). The molecule has 0 aliphatic carbocycles. The summed E-state index contributed by atoms with van der Waals surface area (Å²) >= 11 is 0. The van der Waals surface area contributed by atoms with E-state index in [9.17, 15) is 0 Å². The van der Waals surface area contributed by atoms with E-state index in [1.54, 1.807) is 18.7 Å². The first-order valence-corrected chi connectivity index (χ1v) is 2.06. The van der Waals surface area contributed by atoms with Crippen molar-refractivity contribution in [2.75, 3.05) is 0 Å². The average molecular weight is 114 g/mol. The molecule has 0 atom stereocenters. The van der Waals surface area contributed by atoms with Crippen LogP contribution >= 0.6 is 0 Å². The van der Waals surface area contributed by atoms with Crippen LogP contribution < -0.4 is 0 Å². The predicted molar refractivity (Wildman–Crippen MR) is 30.2 cm³/mol. The van der Waals surface area contributed by atoms with Crippen molar-refractivity contribution in [2.45, 2.75) is 0 Å². The van der Waals surface area contributed by atoms with Gasteiger partial charge in [0.05, 0.1) is 6.33 Å². The van der Waals surface area contributed by atoms with E-state index < -0.39 is 7.69 Å². The van der Waals surface area contributed by atoms with E-state index in [1.807, 2.05) is 0 Å². The van der Waals surface area contributed by atoms with Gasteiger partial charge in [-0.3, -0.25) is 0 Å². The second kappa shape index (κ2) is 6.19. The van der Waals surface area contributed by atoms with Gasteiger partial charge in [0.15, 0.2) is 0 Å². The Morgan fingerprint density at radius 3 is 2.25 bits per heavy atom. The summed E-state index contributed by atoms with van der Waals surface area (Å²) in [7, 11) is -0.750. The molecule has 1 aromatic rings. The zero-order valence-corrected chi connectivity index (χ0v) is 4.28. The number of hydrogen-bond donors (Lipinski definition) is 3. The molecular weight excluding hydrogens is 107 g/mol. The largest absolute Gasteiger partial charge is 0.432 e. The smallest absolute Gasteiger partial charge is 0.430 e. The summed E-state index contributed by atoms with van der Waals surface area (Å²) in [5, 5.41) is 14.2. The lowest BCUT2D eigenvalue weighted by Gasteiger charge is -1.48.